The lowest BCUT2D eigenvalue weighted by molar-refractivity contribution is -0.157. The van der Waals surface area contributed by atoms with Crippen LogP contribution in [0.15, 0.2) is 36.5 Å². The molecule has 2 heterocycles. The third kappa shape index (κ3) is 6.05. The topological polar surface area (TPSA) is 77.5 Å². The summed E-state index contributed by atoms with van der Waals surface area (Å²) in [5, 5.41) is 3.25. The number of hydrogen-bond acceptors (Lipinski definition) is 6. The number of aromatic nitrogens is 1. The van der Waals surface area contributed by atoms with Gasteiger partial charge in [0.1, 0.15) is 17.5 Å². The van der Waals surface area contributed by atoms with Crippen LogP contribution in [0.25, 0.3) is 11.1 Å². The Balaban J connectivity index is 2.05. The largest absolute Gasteiger partial charge is 0.464 e. The number of fused-ring (bicyclic) bond motifs is 4. The number of nitrogens with one attached hydrogen (secondary N) is 1. The Kier molecular flexibility index (Phi) is 7.48. The lowest BCUT2D eigenvalue weighted by Gasteiger charge is -2.25. The number of rotatable bonds is 3. The van der Waals surface area contributed by atoms with Gasteiger partial charge in [0.05, 0.1) is 18.2 Å². The quantitative estimate of drug-likeness (QED) is 0.656. The van der Waals surface area contributed by atoms with Crippen LogP contribution in [-0.2, 0) is 19.1 Å². The number of anilines is 1. The summed E-state index contributed by atoms with van der Waals surface area (Å²) in [6.07, 6.45) is 4.09. The molecule has 1 aliphatic rings. The van der Waals surface area contributed by atoms with Crippen LogP contribution in [-0.4, -0.2) is 35.2 Å². The fourth-order valence-electron chi connectivity index (χ4n) is 3.82. The van der Waals surface area contributed by atoms with E-state index < -0.39 is 23.4 Å². The van der Waals surface area contributed by atoms with E-state index in [1.165, 1.54) is 12.1 Å². The Morgan fingerprint density at radius 3 is 2.59 bits per heavy atom. The molecule has 1 aromatic heterocycles. The maximum Gasteiger partial charge on any atom is 0.328 e. The smallest absolute Gasteiger partial charge is 0.328 e. The number of pyridine rings is 1. The second kappa shape index (κ2) is 10.1. The Morgan fingerprint density at radius 2 is 1.88 bits per heavy atom. The molecular weight excluding hydrogens is 411 g/mol. The average molecular weight is 443 g/mol. The van der Waals surface area contributed by atoms with E-state index in [4.69, 9.17) is 9.47 Å². The zero-order chi connectivity index (χ0) is 23.3. The second-order valence-electron chi connectivity index (χ2n) is 8.98. The maximum absolute atomic E-state index is 14.2. The summed E-state index contributed by atoms with van der Waals surface area (Å²) < 4.78 is 25.1. The van der Waals surface area contributed by atoms with Crippen molar-refractivity contribution in [2.45, 2.75) is 70.9 Å². The molecule has 0 amide bonds. The first-order valence-corrected chi connectivity index (χ1v) is 11.1. The Morgan fingerprint density at radius 1 is 1.12 bits per heavy atom. The number of carbonyl (C=O) groups is 2. The van der Waals surface area contributed by atoms with Crippen molar-refractivity contribution in [3.63, 3.8) is 0 Å². The van der Waals surface area contributed by atoms with Gasteiger partial charge in [-0.05, 0) is 76.4 Å². The zero-order valence-corrected chi connectivity index (χ0v) is 19.1. The average Bonchev–Trinajstić information content (AvgIpc) is 2.72. The van der Waals surface area contributed by atoms with Gasteiger partial charge < -0.3 is 14.8 Å². The molecule has 1 N–H and O–H groups in total. The van der Waals surface area contributed by atoms with Gasteiger partial charge in [0.2, 0.25) is 0 Å². The molecule has 0 aliphatic carbocycles. The standard InChI is InChI=1S/C25H31FN2O4/c1-5-31-24(30)21-9-7-6-8-18(23(29)32-25(2,3)4)22-14-16(12-13-27-22)19-15-17(26)10-11-20(19)28-21/h10-15,18,21,28H,5-9H2,1-4H3. The van der Waals surface area contributed by atoms with Gasteiger partial charge in [-0.1, -0.05) is 12.8 Å². The molecule has 32 heavy (non-hydrogen) atoms. The second-order valence-corrected chi connectivity index (χ2v) is 8.98. The number of nitrogens with zero attached hydrogens (tertiary/aromatic N) is 1. The molecule has 0 radical (unpaired) electrons. The fraction of sp³-hybridized carbons (Fsp3) is 0.480. The molecular formula is C25H31FN2O4. The summed E-state index contributed by atoms with van der Waals surface area (Å²) >= 11 is 0. The van der Waals surface area contributed by atoms with E-state index in [0.717, 1.165) is 0 Å². The van der Waals surface area contributed by atoms with Gasteiger partial charge in [0.15, 0.2) is 0 Å². The minimum absolute atomic E-state index is 0.279. The molecule has 6 nitrogen and oxygen atoms in total. The monoisotopic (exact) mass is 442 g/mol. The van der Waals surface area contributed by atoms with E-state index in [-0.39, 0.29) is 18.5 Å². The van der Waals surface area contributed by atoms with Crippen molar-refractivity contribution in [1.82, 2.24) is 4.98 Å². The van der Waals surface area contributed by atoms with Crippen LogP contribution in [0.5, 0.6) is 0 Å². The fourth-order valence-corrected chi connectivity index (χ4v) is 3.82. The Labute approximate surface area is 188 Å². The molecule has 7 heteroatoms. The summed E-state index contributed by atoms with van der Waals surface area (Å²) in [4.78, 5) is 30.0. The highest BCUT2D eigenvalue weighted by molar-refractivity contribution is 5.85. The van der Waals surface area contributed by atoms with Crippen molar-refractivity contribution in [3.05, 3.63) is 48.0 Å². The van der Waals surface area contributed by atoms with Gasteiger partial charge in [-0.25, -0.2) is 9.18 Å². The summed E-state index contributed by atoms with van der Waals surface area (Å²) in [5.74, 6) is -1.62. The molecule has 2 aromatic rings. The summed E-state index contributed by atoms with van der Waals surface area (Å²) in [6, 6.07) is 7.38. The molecule has 1 aromatic carbocycles. The lowest BCUT2D eigenvalue weighted by Crippen LogP contribution is -2.32. The number of carbonyl (C=O) groups excluding carboxylic acids is 2. The van der Waals surface area contributed by atoms with E-state index in [0.29, 0.717) is 48.2 Å². The van der Waals surface area contributed by atoms with Crippen molar-refractivity contribution >= 4 is 17.6 Å². The van der Waals surface area contributed by atoms with Crippen molar-refractivity contribution in [2.24, 2.45) is 0 Å². The minimum atomic E-state index is -0.618. The number of hydrogen-bond donors (Lipinski definition) is 1. The molecule has 172 valence electrons. The molecule has 0 saturated heterocycles. The van der Waals surface area contributed by atoms with Crippen molar-refractivity contribution in [2.75, 3.05) is 11.9 Å². The van der Waals surface area contributed by atoms with Crippen LogP contribution in [0.4, 0.5) is 10.1 Å². The predicted octanol–water partition coefficient (Wildman–Crippen LogP) is 5.23. The molecule has 0 fully saturated rings. The molecule has 2 unspecified atom stereocenters. The van der Waals surface area contributed by atoms with Gasteiger partial charge >= 0.3 is 11.9 Å². The van der Waals surface area contributed by atoms with Gasteiger partial charge in [0, 0.05) is 17.4 Å². The summed E-state index contributed by atoms with van der Waals surface area (Å²) in [7, 11) is 0. The third-order valence-electron chi connectivity index (χ3n) is 5.26. The Hall–Kier alpha value is -2.96. The van der Waals surface area contributed by atoms with E-state index in [1.54, 1.807) is 31.3 Å². The SMILES string of the molecule is CCOC(=O)C1CCCCC(C(=O)OC(C)(C)C)c2cc(ccn2)-c2cc(F)ccc2N1. The highest BCUT2D eigenvalue weighted by Gasteiger charge is 2.29. The van der Waals surface area contributed by atoms with Crippen molar-refractivity contribution < 1.29 is 23.5 Å². The molecule has 3 rings (SSSR count). The van der Waals surface area contributed by atoms with Gasteiger partial charge in [-0.2, -0.15) is 0 Å². The van der Waals surface area contributed by atoms with Crippen LogP contribution in [0.1, 0.15) is 65.0 Å². The lowest BCUT2D eigenvalue weighted by atomic mass is 9.92. The van der Waals surface area contributed by atoms with Crippen molar-refractivity contribution in [3.8, 4) is 11.1 Å². The highest BCUT2D eigenvalue weighted by atomic mass is 19.1. The number of esters is 2. The normalized spacial score (nSPS) is 18.9. The zero-order valence-electron chi connectivity index (χ0n) is 19.1. The number of ether oxygens (including phenoxy) is 2. The van der Waals surface area contributed by atoms with Gasteiger partial charge in [-0.3, -0.25) is 9.78 Å². The molecule has 0 saturated carbocycles. The van der Waals surface area contributed by atoms with Crippen LogP contribution in [0.3, 0.4) is 0 Å². The summed E-state index contributed by atoms with van der Waals surface area (Å²) in [6.45, 7) is 7.54. The first-order valence-electron chi connectivity index (χ1n) is 11.1. The number of benzene rings is 1. The minimum Gasteiger partial charge on any atom is -0.464 e. The molecule has 2 bridgehead atoms. The molecule has 1 aliphatic heterocycles. The highest BCUT2D eigenvalue weighted by Crippen LogP contribution is 2.34. The Bertz CT molecular complexity index is 971. The first kappa shape index (κ1) is 23.7. The van der Waals surface area contributed by atoms with E-state index in [2.05, 4.69) is 10.3 Å². The molecule has 2 atom stereocenters. The van der Waals surface area contributed by atoms with Crippen LogP contribution in [0.2, 0.25) is 0 Å². The van der Waals surface area contributed by atoms with E-state index in [1.807, 2.05) is 20.8 Å². The summed E-state index contributed by atoms with van der Waals surface area (Å²) in [5.41, 5.74) is 1.89. The van der Waals surface area contributed by atoms with Gasteiger partial charge in [-0.15, -0.1) is 0 Å². The maximum atomic E-state index is 14.2. The van der Waals surface area contributed by atoms with Crippen LogP contribution in [0, 0.1) is 5.82 Å². The van der Waals surface area contributed by atoms with Crippen molar-refractivity contribution in [1.29, 1.82) is 0 Å². The molecule has 0 spiro atoms. The van der Waals surface area contributed by atoms with E-state index >= 15 is 0 Å². The predicted molar refractivity (Wildman–Crippen MR) is 121 cm³/mol. The first-order chi connectivity index (χ1) is 15.2. The van der Waals surface area contributed by atoms with E-state index in [9.17, 15) is 14.0 Å². The number of halogens is 1. The van der Waals surface area contributed by atoms with Crippen LogP contribution < -0.4 is 5.32 Å². The third-order valence-corrected chi connectivity index (χ3v) is 5.26. The van der Waals surface area contributed by atoms with Gasteiger partial charge in [0.25, 0.3) is 0 Å². The van der Waals surface area contributed by atoms with Crippen LogP contribution >= 0.6 is 0 Å².